The molecule has 0 saturated heterocycles. The van der Waals surface area contributed by atoms with Crippen LogP contribution in [-0.2, 0) is 14.3 Å². The normalized spacial score (nSPS) is 20.0. The van der Waals surface area contributed by atoms with Gasteiger partial charge in [0, 0.05) is 5.92 Å². The van der Waals surface area contributed by atoms with Crippen molar-refractivity contribution in [2.45, 2.75) is 19.3 Å². The molecule has 0 heterocycles. The molecule has 26 heavy (non-hydrogen) atoms. The standard InChI is InChI=1S/C23H22O3/c1-2-26-23(25)22-20(19-11-7-4-8-12-19)15-18(16-21(22)24)14-13-17-9-5-3-6-10-17/h3-14,16,20,22H,2,15H2,1H3/b14-13+. The molecule has 0 N–H and O–H groups in total. The predicted molar refractivity (Wildman–Crippen MR) is 102 cm³/mol. The number of carbonyl (C=O) groups excluding carboxylic acids is 2. The van der Waals surface area contributed by atoms with Crippen LogP contribution in [0, 0.1) is 5.92 Å². The van der Waals surface area contributed by atoms with Crippen LogP contribution in [0.5, 0.6) is 0 Å². The van der Waals surface area contributed by atoms with Gasteiger partial charge in [-0.25, -0.2) is 0 Å². The Bertz CT molecular complexity index is 819. The maximum atomic E-state index is 12.7. The van der Waals surface area contributed by atoms with Gasteiger partial charge in [0.25, 0.3) is 0 Å². The fourth-order valence-electron chi connectivity index (χ4n) is 3.31. The average molecular weight is 346 g/mol. The number of benzene rings is 2. The number of rotatable bonds is 5. The molecule has 3 rings (SSSR count). The van der Waals surface area contributed by atoms with Gasteiger partial charge in [-0.2, -0.15) is 0 Å². The van der Waals surface area contributed by atoms with Gasteiger partial charge in [-0.3, -0.25) is 9.59 Å². The van der Waals surface area contributed by atoms with Crippen LogP contribution in [0.2, 0.25) is 0 Å². The Morgan fingerprint density at radius 2 is 1.69 bits per heavy atom. The zero-order valence-corrected chi connectivity index (χ0v) is 14.8. The van der Waals surface area contributed by atoms with Crippen molar-refractivity contribution >= 4 is 17.8 Å². The molecule has 0 amide bonds. The number of esters is 1. The summed E-state index contributed by atoms with van der Waals surface area (Å²) in [5, 5.41) is 0. The zero-order valence-electron chi connectivity index (χ0n) is 14.8. The third-order valence-corrected chi connectivity index (χ3v) is 4.55. The summed E-state index contributed by atoms with van der Waals surface area (Å²) in [5.41, 5.74) is 2.98. The summed E-state index contributed by atoms with van der Waals surface area (Å²) in [6.45, 7) is 2.03. The molecule has 0 aromatic heterocycles. The van der Waals surface area contributed by atoms with E-state index in [0.29, 0.717) is 6.42 Å². The summed E-state index contributed by atoms with van der Waals surface area (Å²) < 4.78 is 5.16. The molecule has 2 unspecified atom stereocenters. The number of ether oxygens (including phenoxy) is 1. The quantitative estimate of drug-likeness (QED) is 0.589. The van der Waals surface area contributed by atoms with E-state index in [1.807, 2.05) is 72.8 Å². The van der Waals surface area contributed by atoms with Gasteiger partial charge in [-0.05, 0) is 36.1 Å². The molecule has 0 spiro atoms. The van der Waals surface area contributed by atoms with E-state index in [-0.39, 0.29) is 18.3 Å². The largest absolute Gasteiger partial charge is 0.465 e. The molecular weight excluding hydrogens is 324 g/mol. The van der Waals surface area contributed by atoms with E-state index in [4.69, 9.17) is 4.74 Å². The Balaban J connectivity index is 1.90. The van der Waals surface area contributed by atoms with Crippen molar-refractivity contribution in [2.75, 3.05) is 6.61 Å². The van der Waals surface area contributed by atoms with Crippen LogP contribution in [0.25, 0.3) is 6.08 Å². The molecule has 0 saturated carbocycles. The highest BCUT2D eigenvalue weighted by atomic mass is 16.5. The van der Waals surface area contributed by atoms with Gasteiger partial charge < -0.3 is 4.74 Å². The highest BCUT2D eigenvalue weighted by molar-refractivity contribution is 6.07. The van der Waals surface area contributed by atoms with Crippen LogP contribution in [0.4, 0.5) is 0 Å². The first kappa shape index (κ1) is 17.9. The summed E-state index contributed by atoms with van der Waals surface area (Å²) in [6, 6.07) is 19.7. The lowest BCUT2D eigenvalue weighted by Crippen LogP contribution is -2.34. The Morgan fingerprint density at radius 1 is 1.04 bits per heavy atom. The molecule has 3 nitrogen and oxygen atoms in total. The van der Waals surface area contributed by atoms with E-state index < -0.39 is 11.9 Å². The number of allylic oxidation sites excluding steroid dienone is 3. The summed E-state index contributed by atoms with van der Waals surface area (Å²) in [6.07, 6.45) is 6.17. The van der Waals surface area contributed by atoms with E-state index >= 15 is 0 Å². The van der Waals surface area contributed by atoms with Crippen molar-refractivity contribution in [3.8, 4) is 0 Å². The monoisotopic (exact) mass is 346 g/mol. The predicted octanol–water partition coefficient (Wildman–Crippen LogP) is 4.56. The van der Waals surface area contributed by atoms with Gasteiger partial charge in [-0.15, -0.1) is 0 Å². The van der Waals surface area contributed by atoms with Crippen molar-refractivity contribution in [3.63, 3.8) is 0 Å². The number of hydrogen-bond acceptors (Lipinski definition) is 3. The minimum Gasteiger partial charge on any atom is -0.465 e. The highest BCUT2D eigenvalue weighted by Crippen LogP contribution is 2.37. The lowest BCUT2D eigenvalue weighted by Gasteiger charge is -2.28. The molecule has 2 aromatic carbocycles. The van der Waals surface area contributed by atoms with Crippen molar-refractivity contribution in [1.82, 2.24) is 0 Å². The van der Waals surface area contributed by atoms with Gasteiger partial charge in [-0.1, -0.05) is 72.8 Å². The SMILES string of the molecule is CCOC(=O)C1C(=O)C=C(/C=C/c2ccccc2)CC1c1ccccc1. The minimum absolute atomic E-state index is 0.184. The molecule has 2 aromatic rings. The van der Waals surface area contributed by atoms with E-state index in [2.05, 4.69) is 0 Å². The molecule has 1 aliphatic carbocycles. The second-order valence-corrected chi connectivity index (χ2v) is 6.32. The summed E-state index contributed by atoms with van der Waals surface area (Å²) in [4.78, 5) is 25.1. The summed E-state index contributed by atoms with van der Waals surface area (Å²) in [5.74, 6) is -1.60. The molecule has 0 radical (unpaired) electrons. The van der Waals surface area contributed by atoms with Gasteiger partial charge in [0.2, 0.25) is 0 Å². The Labute approximate surface area is 154 Å². The lowest BCUT2D eigenvalue weighted by atomic mass is 9.75. The van der Waals surface area contributed by atoms with Crippen LogP contribution < -0.4 is 0 Å². The van der Waals surface area contributed by atoms with Gasteiger partial charge >= 0.3 is 5.97 Å². The Morgan fingerprint density at radius 3 is 2.35 bits per heavy atom. The molecule has 3 heteroatoms. The van der Waals surface area contributed by atoms with Crippen molar-refractivity contribution in [2.24, 2.45) is 5.92 Å². The highest BCUT2D eigenvalue weighted by Gasteiger charge is 2.38. The van der Waals surface area contributed by atoms with E-state index in [1.54, 1.807) is 13.0 Å². The number of carbonyl (C=O) groups is 2. The maximum Gasteiger partial charge on any atom is 0.317 e. The van der Waals surface area contributed by atoms with Crippen molar-refractivity contribution < 1.29 is 14.3 Å². The topological polar surface area (TPSA) is 43.4 Å². The molecule has 0 fully saturated rings. The molecule has 1 aliphatic rings. The fourth-order valence-corrected chi connectivity index (χ4v) is 3.31. The second kappa shape index (κ2) is 8.43. The second-order valence-electron chi connectivity index (χ2n) is 6.32. The lowest BCUT2D eigenvalue weighted by molar-refractivity contribution is -0.151. The van der Waals surface area contributed by atoms with Crippen molar-refractivity contribution in [1.29, 1.82) is 0 Å². The number of ketones is 1. The van der Waals surface area contributed by atoms with E-state index in [1.165, 1.54) is 0 Å². The third kappa shape index (κ3) is 4.17. The van der Waals surface area contributed by atoms with Crippen LogP contribution in [0.1, 0.15) is 30.4 Å². The molecule has 0 aliphatic heterocycles. The first-order valence-electron chi connectivity index (χ1n) is 8.88. The average Bonchev–Trinajstić information content (AvgIpc) is 2.67. The number of hydrogen-bond donors (Lipinski definition) is 0. The first-order valence-corrected chi connectivity index (χ1v) is 8.88. The first-order chi connectivity index (χ1) is 12.7. The van der Waals surface area contributed by atoms with Gasteiger partial charge in [0.1, 0.15) is 5.92 Å². The van der Waals surface area contributed by atoms with Crippen LogP contribution >= 0.6 is 0 Å². The van der Waals surface area contributed by atoms with E-state index in [9.17, 15) is 9.59 Å². The zero-order chi connectivity index (χ0) is 18.4. The molecular formula is C23H22O3. The minimum atomic E-state index is -0.772. The summed E-state index contributed by atoms with van der Waals surface area (Å²) in [7, 11) is 0. The maximum absolute atomic E-state index is 12.7. The molecule has 0 bridgehead atoms. The van der Waals surface area contributed by atoms with Crippen LogP contribution in [-0.4, -0.2) is 18.4 Å². The van der Waals surface area contributed by atoms with Gasteiger partial charge in [0.05, 0.1) is 6.61 Å². The summed E-state index contributed by atoms with van der Waals surface area (Å²) >= 11 is 0. The van der Waals surface area contributed by atoms with Crippen molar-refractivity contribution in [3.05, 3.63) is 89.5 Å². The smallest absolute Gasteiger partial charge is 0.317 e. The van der Waals surface area contributed by atoms with Gasteiger partial charge in [0.15, 0.2) is 5.78 Å². The molecule has 132 valence electrons. The van der Waals surface area contributed by atoms with Crippen LogP contribution in [0.15, 0.2) is 78.4 Å². The van der Waals surface area contributed by atoms with Crippen LogP contribution in [0.3, 0.4) is 0 Å². The molecule has 2 atom stereocenters. The van der Waals surface area contributed by atoms with E-state index in [0.717, 1.165) is 16.7 Å². The Kier molecular flexibility index (Phi) is 5.80. The third-order valence-electron chi connectivity index (χ3n) is 4.55. The Hall–Kier alpha value is -2.94. The fraction of sp³-hybridized carbons (Fsp3) is 0.217.